The molecule has 1 saturated heterocycles. The number of esters is 1. The lowest BCUT2D eigenvalue weighted by atomic mass is 10.1. The summed E-state index contributed by atoms with van der Waals surface area (Å²) in [6, 6.07) is 6.92. The Morgan fingerprint density at radius 2 is 1.84 bits per heavy atom. The van der Waals surface area contributed by atoms with Gasteiger partial charge in [0.05, 0.1) is 12.7 Å². The fourth-order valence-electron chi connectivity index (χ4n) is 2.66. The lowest BCUT2D eigenvalue weighted by Gasteiger charge is -2.32. The van der Waals surface area contributed by atoms with Gasteiger partial charge in [0.25, 0.3) is 0 Å². The number of nitrogens with zero attached hydrogens (tertiary/aromatic N) is 2. The first-order chi connectivity index (χ1) is 12.1. The van der Waals surface area contributed by atoms with Gasteiger partial charge in [-0.3, -0.25) is 4.79 Å². The molecule has 0 aromatic heterocycles. The van der Waals surface area contributed by atoms with Gasteiger partial charge >= 0.3 is 5.97 Å². The van der Waals surface area contributed by atoms with Crippen LogP contribution in [0.15, 0.2) is 30.3 Å². The van der Waals surface area contributed by atoms with Crippen molar-refractivity contribution in [1.29, 1.82) is 0 Å². The highest BCUT2D eigenvalue weighted by atomic mass is 16.5. The molecule has 0 atom stereocenters. The van der Waals surface area contributed by atoms with Gasteiger partial charge in [0, 0.05) is 38.8 Å². The number of likely N-dealkylation sites (N-methyl/N-ethyl adjacent to an activating group) is 1. The Kier molecular flexibility index (Phi) is 7.63. The van der Waals surface area contributed by atoms with E-state index < -0.39 is 0 Å². The van der Waals surface area contributed by atoms with E-state index in [1.807, 2.05) is 0 Å². The molecule has 1 aromatic carbocycles. The molecule has 1 fully saturated rings. The van der Waals surface area contributed by atoms with Crippen molar-refractivity contribution in [2.45, 2.75) is 6.42 Å². The molecule has 0 radical (unpaired) electrons. The highest BCUT2D eigenvalue weighted by Crippen LogP contribution is 2.07. The van der Waals surface area contributed by atoms with Crippen molar-refractivity contribution >= 4 is 18.0 Å². The summed E-state index contributed by atoms with van der Waals surface area (Å²) < 4.78 is 4.65. The predicted octanol–water partition coefficient (Wildman–Crippen LogP) is 1.24. The molecule has 25 heavy (non-hydrogen) atoms. The number of hydrogen-bond acceptors (Lipinski definition) is 5. The predicted molar refractivity (Wildman–Crippen MR) is 98.4 cm³/mol. The van der Waals surface area contributed by atoms with Crippen molar-refractivity contribution in [3.05, 3.63) is 41.5 Å². The van der Waals surface area contributed by atoms with Gasteiger partial charge in [0.1, 0.15) is 0 Å². The van der Waals surface area contributed by atoms with Crippen LogP contribution in [-0.4, -0.2) is 75.1 Å². The second kappa shape index (κ2) is 9.96. The fourth-order valence-corrected chi connectivity index (χ4v) is 2.66. The number of ether oxygens (including phenoxy) is 1. The number of amides is 1. The van der Waals surface area contributed by atoms with E-state index >= 15 is 0 Å². The van der Waals surface area contributed by atoms with Crippen molar-refractivity contribution in [3.8, 4) is 0 Å². The minimum atomic E-state index is -0.367. The number of carbonyl (C=O) groups excluding carboxylic acids is 2. The summed E-state index contributed by atoms with van der Waals surface area (Å²) in [6.07, 6.45) is 4.21. The Morgan fingerprint density at radius 1 is 1.16 bits per heavy atom. The molecule has 0 bridgehead atoms. The highest BCUT2D eigenvalue weighted by molar-refractivity contribution is 5.92. The molecular formula is C19H27N3O3. The summed E-state index contributed by atoms with van der Waals surface area (Å²) in [4.78, 5) is 28.0. The van der Waals surface area contributed by atoms with E-state index in [9.17, 15) is 9.59 Å². The molecule has 0 spiro atoms. The third kappa shape index (κ3) is 6.68. The van der Waals surface area contributed by atoms with Gasteiger partial charge in [-0.05, 0) is 43.8 Å². The van der Waals surface area contributed by atoms with Gasteiger partial charge in [-0.25, -0.2) is 4.79 Å². The van der Waals surface area contributed by atoms with Gasteiger partial charge in [-0.15, -0.1) is 0 Å². The molecule has 136 valence electrons. The number of rotatable bonds is 7. The summed E-state index contributed by atoms with van der Waals surface area (Å²) in [7, 11) is 3.50. The quantitative estimate of drug-likeness (QED) is 0.458. The molecule has 1 amide bonds. The number of benzene rings is 1. The molecule has 1 N–H and O–H groups in total. The van der Waals surface area contributed by atoms with E-state index in [2.05, 4.69) is 26.9 Å². The van der Waals surface area contributed by atoms with Crippen molar-refractivity contribution < 1.29 is 14.3 Å². The van der Waals surface area contributed by atoms with Crippen molar-refractivity contribution in [1.82, 2.24) is 15.1 Å². The maximum absolute atomic E-state index is 11.8. The SMILES string of the molecule is COC(=O)c1ccc(/C=C/C(=O)NCCCN2CCN(C)CC2)cc1. The number of carbonyl (C=O) groups is 2. The van der Waals surface area contributed by atoms with E-state index in [1.165, 1.54) is 13.2 Å². The summed E-state index contributed by atoms with van der Waals surface area (Å²) in [6.45, 7) is 6.13. The Morgan fingerprint density at radius 3 is 2.48 bits per heavy atom. The second-order valence-corrected chi connectivity index (χ2v) is 6.24. The molecule has 1 heterocycles. The largest absolute Gasteiger partial charge is 0.465 e. The van der Waals surface area contributed by atoms with Gasteiger partial charge in [-0.1, -0.05) is 12.1 Å². The molecule has 0 saturated carbocycles. The molecule has 0 aliphatic carbocycles. The molecule has 6 nitrogen and oxygen atoms in total. The Hall–Kier alpha value is -2.18. The van der Waals surface area contributed by atoms with Crippen LogP contribution < -0.4 is 5.32 Å². The Balaban J connectivity index is 1.66. The molecule has 2 rings (SSSR count). The van der Waals surface area contributed by atoms with Crippen LogP contribution in [-0.2, 0) is 9.53 Å². The second-order valence-electron chi connectivity index (χ2n) is 6.24. The van der Waals surface area contributed by atoms with Gasteiger partial charge in [0.15, 0.2) is 0 Å². The van der Waals surface area contributed by atoms with Crippen molar-refractivity contribution in [2.75, 3.05) is 53.4 Å². The first kappa shape index (κ1) is 19.1. The van der Waals surface area contributed by atoms with E-state index in [4.69, 9.17) is 0 Å². The summed E-state index contributed by atoms with van der Waals surface area (Å²) in [5.74, 6) is -0.468. The molecular weight excluding hydrogens is 318 g/mol. The van der Waals surface area contributed by atoms with Crippen LogP contribution in [0.5, 0.6) is 0 Å². The van der Waals surface area contributed by atoms with Crippen molar-refractivity contribution in [2.24, 2.45) is 0 Å². The summed E-state index contributed by atoms with van der Waals surface area (Å²) in [5, 5.41) is 2.90. The van der Waals surface area contributed by atoms with Crippen LogP contribution in [0.4, 0.5) is 0 Å². The lowest BCUT2D eigenvalue weighted by Crippen LogP contribution is -2.45. The van der Waals surface area contributed by atoms with Crippen LogP contribution >= 0.6 is 0 Å². The number of piperazine rings is 1. The average Bonchev–Trinajstić information content (AvgIpc) is 2.64. The van der Waals surface area contributed by atoms with E-state index in [-0.39, 0.29) is 11.9 Å². The maximum atomic E-state index is 11.8. The van der Waals surface area contributed by atoms with Crippen LogP contribution in [0.25, 0.3) is 6.08 Å². The summed E-state index contributed by atoms with van der Waals surface area (Å²) in [5.41, 5.74) is 1.35. The molecule has 6 heteroatoms. The van der Waals surface area contributed by atoms with Crippen LogP contribution in [0, 0.1) is 0 Å². The number of nitrogens with one attached hydrogen (secondary N) is 1. The van der Waals surface area contributed by atoms with Crippen LogP contribution in [0.1, 0.15) is 22.3 Å². The fraction of sp³-hybridized carbons (Fsp3) is 0.474. The molecule has 1 aliphatic rings. The molecule has 0 unspecified atom stereocenters. The number of hydrogen-bond donors (Lipinski definition) is 1. The minimum absolute atomic E-state index is 0.101. The average molecular weight is 345 g/mol. The number of methoxy groups -OCH3 is 1. The zero-order chi connectivity index (χ0) is 18.1. The third-order valence-electron chi connectivity index (χ3n) is 4.31. The van der Waals surface area contributed by atoms with Crippen LogP contribution in [0.2, 0.25) is 0 Å². The molecule has 1 aliphatic heterocycles. The highest BCUT2D eigenvalue weighted by Gasteiger charge is 2.12. The first-order valence-corrected chi connectivity index (χ1v) is 8.63. The summed E-state index contributed by atoms with van der Waals surface area (Å²) >= 11 is 0. The first-order valence-electron chi connectivity index (χ1n) is 8.63. The zero-order valence-electron chi connectivity index (χ0n) is 15.0. The Bertz CT molecular complexity index is 590. The zero-order valence-corrected chi connectivity index (χ0v) is 15.0. The van der Waals surface area contributed by atoms with Crippen molar-refractivity contribution in [3.63, 3.8) is 0 Å². The Labute approximate surface area is 149 Å². The minimum Gasteiger partial charge on any atom is -0.465 e. The van der Waals surface area contributed by atoms with Gasteiger partial charge < -0.3 is 19.9 Å². The van der Waals surface area contributed by atoms with Gasteiger partial charge in [0.2, 0.25) is 5.91 Å². The molecule has 1 aromatic rings. The van der Waals surface area contributed by atoms with E-state index in [1.54, 1.807) is 30.3 Å². The van der Waals surface area contributed by atoms with E-state index in [0.717, 1.165) is 44.7 Å². The standard InChI is InChI=1S/C19H27N3O3/c1-21-12-14-22(15-13-21)11-3-10-20-18(23)9-6-16-4-7-17(8-5-16)19(24)25-2/h4-9H,3,10-15H2,1-2H3,(H,20,23)/b9-6+. The topological polar surface area (TPSA) is 61.9 Å². The third-order valence-corrected chi connectivity index (χ3v) is 4.31. The monoisotopic (exact) mass is 345 g/mol. The van der Waals surface area contributed by atoms with Crippen LogP contribution in [0.3, 0.4) is 0 Å². The smallest absolute Gasteiger partial charge is 0.337 e. The maximum Gasteiger partial charge on any atom is 0.337 e. The van der Waals surface area contributed by atoms with E-state index in [0.29, 0.717) is 12.1 Å². The normalized spacial score (nSPS) is 16.1. The lowest BCUT2D eigenvalue weighted by molar-refractivity contribution is -0.116. The van der Waals surface area contributed by atoms with Gasteiger partial charge in [-0.2, -0.15) is 0 Å².